The predicted octanol–water partition coefficient (Wildman–Crippen LogP) is 14.9. The molecule has 0 spiro atoms. The van der Waals surface area contributed by atoms with Crippen molar-refractivity contribution < 1.29 is 86.2 Å². The van der Waals surface area contributed by atoms with Crippen molar-refractivity contribution in [2.75, 3.05) is 98.2 Å². The van der Waals surface area contributed by atoms with Gasteiger partial charge >= 0.3 is 12.1 Å². The lowest BCUT2D eigenvalue weighted by Gasteiger charge is -2.42. The maximum atomic E-state index is 15.6. The summed E-state index contributed by atoms with van der Waals surface area (Å²) in [6.07, 6.45) is 15.6. The predicted molar refractivity (Wildman–Crippen MR) is 548 cm³/mol. The summed E-state index contributed by atoms with van der Waals surface area (Å²) in [4.78, 5) is 155. The number of nitrogens with zero attached hydrogens (tertiary/aromatic N) is 10. The van der Waals surface area contributed by atoms with Crippen molar-refractivity contribution in [3.05, 3.63) is 266 Å². The van der Waals surface area contributed by atoms with E-state index in [0.29, 0.717) is 132 Å². The molecule has 1 unspecified atom stereocenters. The Labute approximate surface area is 857 Å². The lowest BCUT2D eigenvalue weighted by Crippen LogP contribution is -2.63. The molecule has 5 fully saturated rings. The number of fused-ring (bicyclic) bond motifs is 5. The van der Waals surface area contributed by atoms with Crippen LogP contribution in [0.25, 0.3) is 0 Å². The molecule has 144 heavy (non-hydrogen) atoms. The summed E-state index contributed by atoms with van der Waals surface area (Å²) in [5, 5.41) is 20.5. The summed E-state index contributed by atoms with van der Waals surface area (Å²) < 4.78 is 48.1. The number of likely N-dealkylation sites (N-methyl/N-ethyl adjacent to an activating group) is 1. The summed E-state index contributed by atoms with van der Waals surface area (Å²) >= 11 is 14.6. The van der Waals surface area contributed by atoms with Gasteiger partial charge in [-0.3, -0.25) is 73.5 Å². The average molecular weight is 2030 g/mol. The summed E-state index contributed by atoms with van der Waals surface area (Å²) in [7, 11) is 5.89. The normalized spacial score (nSPS) is 22.5. The van der Waals surface area contributed by atoms with Gasteiger partial charge in [0.15, 0.2) is 5.72 Å². The fraction of sp³-hybridized carbons (Fsp3) is 0.482. The number of rotatable bonds is 44. The van der Waals surface area contributed by atoms with Crippen LogP contribution in [0.1, 0.15) is 185 Å². The maximum Gasteiger partial charge on any atom is 0.409 e. The molecule has 8 heterocycles. The Morgan fingerprint density at radius 1 is 0.688 bits per heavy atom. The molecule has 4 bridgehead atoms. The number of pyridine rings is 4. The Hall–Kier alpha value is -11.6. The third-order valence-corrected chi connectivity index (χ3v) is 30.1. The number of halogens is 2. The van der Waals surface area contributed by atoms with Gasteiger partial charge in [0.1, 0.15) is 46.5 Å². The van der Waals surface area contributed by atoms with Gasteiger partial charge in [0.2, 0.25) is 35.4 Å². The molecule has 768 valence electrons. The number of esters is 1. The first kappa shape index (κ1) is 108. The van der Waals surface area contributed by atoms with E-state index in [-0.39, 0.29) is 111 Å². The SMILES string of the molecule is COc1cc2cc(c1Cl)N(C)C(=O)C[C@H](OC(=O)[C@@H](C)N(C)C(=O)CCSC1CC(=O)N(CC3CCC(C(=O)NCCOCCOCCNC(=O)c4ccc(CN(CCCCOc5cc(CN(Cc6ccccn6)Cc6ccccn6)cc(CN(Cc6ccccn6)Cc6ccccn6)c5)C(=O)C5(c6ccc(Cl)cc6)CCCCC5)cc4)CC3)C1=O)[C@@]1(C)O[C@@H]1[C@H](C)[C@@H]1C[C@@](O)(NC(=O)O1)[C@H](OC)/C=C/C=C(\C)C2. The molecule has 9 atom stereocenters. The molecule has 2 saturated carbocycles. The molecule has 14 rings (SSSR count). The van der Waals surface area contributed by atoms with Gasteiger partial charge < -0.3 is 68.3 Å². The quantitative estimate of drug-likeness (QED) is 0.0119. The number of hydrogen-bond donors (Lipinski definition) is 4. The van der Waals surface area contributed by atoms with E-state index in [9.17, 15) is 43.5 Å². The lowest BCUT2D eigenvalue weighted by molar-refractivity contribution is -0.162. The average Bonchev–Trinajstić information content (AvgIpc) is 1.57. The summed E-state index contributed by atoms with van der Waals surface area (Å²) in [6, 6.07) is 48.1. The largest absolute Gasteiger partial charge is 0.495 e. The van der Waals surface area contributed by atoms with Crippen LogP contribution in [0.15, 0.2) is 200 Å². The molecule has 3 saturated heterocycles. The Bertz CT molecular complexity index is 5530. The number of carbonyl (C=O) groups is 9. The summed E-state index contributed by atoms with van der Waals surface area (Å²) in [5.74, 6) is -2.29. The number of imide groups is 1. The van der Waals surface area contributed by atoms with Crippen LogP contribution < -0.4 is 30.3 Å². The summed E-state index contributed by atoms with van der Waals surface area (Å²) in [5.41, 5.74) is 6.31. The number of likely N-dealkylation sites (tertiary alicyclic amines) is 1. The Balaban J connectivity index is 0.499. The fourth-order valence-corrected chi connectivity index (χ4v) is 21.5. The number of thioether (sulfide) groups is 1. The minimum Gasteiger partial charge on any atom is -0.495 e. The Morgan fingerprint density at radius 3 is 1.88 bits per heavy atom. The van der Waals surface area contributed by atoms with Crippen molar-refractivity contribution in [2.24, 2.45) is 17.8 Å². The van der Waals surface area contributed by atoms with Crippen LogP contribution >= 0.6 is 35.0 Å². The van der Waals surface area contributed by atoms with E-state index < -0.39 is 88.7 Å². The van der Waals surface area contributed by atoms with Gasteiger partial charge in [-0.25, -0.2) is 9.59 Å². The highest BCUT2D eigenvalue weighted by Crippen LogP contribution is 2.50. The molecule has 34 heteroatoms. The number of aliphatic hydroxyl groups is 1. The maximum absolute atomic E-state index is 15.6. The molecular weight excluding hydrogens is 1890 g/mol. The number of nitrogens with one attached hydrogen (secondary N) is 3. The molecule has 8 aromatic rings. The minimum absolute atomic E-state index is 0.00755. The number of ether oxygens (including phenoxy) is 8. The van der Waals surface area contributed by atoms with Gasteiger partial charge in [0.25, 0.3) is 5.91 Å². The Morgan fingerprint density at radius 2 is 1.29 bits per heavy atom. The van der Waals surface area contributed by atoms with E-state index in [1.165, 1.54) is 54.7 Å². The smallest absolute Gasteiger partial charge is 0.409 e. The number of anilines is 1. The van der Waals surface area contributed by atoms with Gasteiger partial charge in [-0.05, 0) is 209 Å². The van der Waals surface area contributed by atoms with Crippen LogP contribution in [0.5, 0.6) is 11.5 Å². The van der Waals surface area contributed by atoms with E-state index in [1.807, 2.05) is 152 Å². The summed E-state index contributed by atoms with van der Waals surface area (Å²) in [6.45, 7) is 13.5. The van der Waals surface area contributed by atoms with Crippen LogP contribution in [0.4, 0.5) is 10.5 Å². The van der Waals surface area contributed by atoms with Crippen LogP contribution in [0, 0.1) is 17.8 Å². The molecule has 8 amide bonds. The van der Waals surface area contributed by atoms with Crippen molar-refractivity contribution >= 4 is 94.1 Å². The van der Waals surface area contributed by atoms with Crippen molar-refractivity contribution in [1.82, 2.24) is 60.4 Å². The molecule has 4 N–H and O–H groups in total. The van der Waals surface area contributed by atoms with Gasteiger partial charge in [0, 0.05) is 165 Å². The van der Waals surface area contributed by atoms with E-state index in [1.54, 1.807) is 57.3 Å². The highest BCUT2D eigenvalue weighted by molar-refractivity contribution is 8.00. The third kappa shape index (κ3) is 29.4. The monoisotopic (exact) mass is 2030 g/mol. The highest BCUT2D eigenvalue weighted by atomic mass is 35.5. The van der Waals surface area contributed by atoms with Crippen molar-refractivity contribution in [3.63, 3.8) is 0 Å². The van der Waals surface area contributed by atoms with Crippen molar-refractivity contribution in [2.45, 2.75) is 229 Å². The van der Waals surface area contributed by atoms with Crippen LogP contribution in [0.3, 0.4) is 0 Å². The first-order chi connectivity index (χ1) is 69.5. The van der Waals surface area contributed by atoms with Crippen LogP contribution in [0.2, 0.25) is 10.0 Å². The molecule has 6 aliphatic rings. The first-order valence-corrected chi connectivity index (χ1v) is 51.8. The number of epoxide rings is 1. The molecule has 2 aliphatic carbocycles. The van der Waals surface area contributed by atoms with E-state index in [4.69, 9.17) is 81.0 Å². The number of unbranched alkanes of at least 4 members (excludes halogenated alkanes) is 1. The van der Waals surface area contributed by atoms with Gasteiger partial charge in [0.05, 0.1) is 91.8 Å². The zero-order chi connectivity index (χ0) is 102. The highest BCUT2D eigenvalue weighted by Gasteiger charge is 2.65. The number of carbonyl (C=O) groups excluding carboxylic acids is 9. The number of amides is 8. The molecular formula is C110H135Cl2N13O18S. The van der Waals surface area contributed by atoms with E-state index >= 15 is 4.79 Å². The van der Waals surface area contributed by atoms with Crippen molar-refractivity contribution in [1.29, 1.82) is 0 Å². The number of aromatic nitrogens is 4. The molecule has 0 radical (unpaired) electrons. The van der Waals surface area contributed by atoms with Gasteiger partial charge in [-0.15, -0.1) is 11.8 Å². The zero-order valence-electron chi connectivity index (χ0n) is 83.5. The third-order valence-electron chi connectivity index (χ3n) is 28.2. The van der Waals surface area contributed by atoms with Gasteiger partial charge in [-0.1, -0.05) is 128 Å². The molecule has 4 aliphatic heterocycles. The number of alkyl carbamates (subject to hydrolysis) is 1. The number of methoxy groups -OCH3 is 2. The standard InChI is InChI=1S/C110H135Cl2N13O18S/c1-74-23-22-28-95(137-8)110(135)65-93(141-107(134)119-110)75(2)101-108(4,143-101)96(64-98(127)121(6)91-61-79(57-74)62-92(136-7)100(91)112)142-105(132)76(3)120(5)97(126)41-56-144-94-63-99(128)125(104(94)131)69-78-31-35-83(36-32-78)103(130)118-49-53-139-55-54-138-52-48-117-102(129)82-33-29-77(30-34-82)68-124(106(133)109(42-14-9-15-43-109)84-37-39-85(111)40-38-84)50-20-21-51-140-90-59-80(66-122(70-86-24-10-16-44-113-86)71-87-25-11-17-45-114-87)58-81(60-90)67-123(72-88-26-12-18-46-115-88)73-89-27-13-19-47-116-89/h10-13,16-19,22-30,33-34,37-40,44-47,58-62,75-76,78,83,93-96,101,135H,9,14-15,20-21,31-32,35-36,41-43,48-57,63-73H2,1-8H3,(H,117,129)(H,118,130)(H,119,134)/b28-22+,74-23+/t75-,76-,78?,83?,93+,94?,95-,96+,101-,108-,110+/m1/s1. The Kier molecular flexibility index (Phi) is 39.0. The number of hydrogen-bond acceptors (Lipinski definition) is 25. The number of benzene rings is 4. The second kappa shape index (κ2) is 52.0. The molecule has 4 aromatic carbocycles. The number of allylic oxidation sites excluding steroid dienone is 3. The van der Waals surface area contributed by atoms with Crippen LogP contribution in [-0.4, -0.2) is 243 Å². The fourth-order valence-electron chi connectivity index (χ4n) is 20.0. The van der Waals surface area contributed by atoms with E-state index in [2.05, 4.69) is 43.9 Å². The van der Waals surface area contributed by atoms with Gasteiger partial charge in [-0.2, -0.15) is 0 Å². The molecule has 4 aromatic heterocycles. The minimum atomic E-state index is -1.90. The lowest BCUT2D eigenvalue weighted by atomic mass is 9.68. The first-order valence-electron chi connectivity index (χ1n) is 50.0. The second-order valence-electron chi connectivity index (χ2n) is 38.7. The second-order valence-corrected chi connectivity index (χ2v) is 40.9. The zero-order valence-corrected chi connectivity index (χ0v) is 85.9. The van der Waals surface area contributed by atoms with Crippen molar-refractivity contribution in [3.8, 4) is 11.5 Å². The topological polar surface area (TPSA) is 358 Å². The van der Waals surface area contributed by atoms with Crippen LogP contribution in [-0.2, 0) is 120 Å². The molecule has 31 nitrogen and oxygen atoms in total. The van der Waals surface area contributed by atoms with E-state index in [0.717, 1.165) is 94.0 Å².